The summed E-state index contributed by atoms with van der Waals surface area (Å²) in [4.78, 5) is 11.8. The van der Waals surface area contributed by atoms with E-state index in [1.807, 2.05) is 25.1 Å². The molecule has 2 rings (SSSR count). The fourth-order valence-electron chi connectivity index (χ4n) is 2.19. The van der Waals surface area contributed by atoms with Crippen LogP contribution in [0.4, 0.5) is 17.1 Å². The minimum Gasteiger partial charge on any atom is -0.465 e. The Morgan fingerprint density at radius 2 is 1.86 bits per heavy atom. The monoisotopic (exact) mass is 284 g/mol. The molecule has 3 N–H and O–H groups in total. The van der Waals surface area contributed by atoms with Gasteiger partial charge in [0.15, 0.2) is 0 Å². The van der Waals surface area contributed by atoms with E-state index in [1.54, 1.807) is 6.07 Å². The fourth-order valence-corrected chi connectivity index (χ4v) is 2.19. The molecule has 0 radical (unpaired) electrons. The molecule has 2 aromatic rings. The summed E-state index contributed by atoms with van der Waals surface area (Å²) in [5.41, 5.74) is 11.8. The third kappa shape index (κ3) is 2.99. The Bertz CT molecular complexity index is 693. The molecular weight excluding hydrogens is 264 g/mol. The average Bonchev–Trinajstić information content (AvgIpc) is 2.46. The summed E-state index contributed by atoms with van der Waals surface area (Å²) < 4.78 is 4.77. The molecule has 0 bridgehead atoms. The summed E-state index contributed by atoms with van der Waals surface area (Å²) in [6, 6.07) is 9.70. The van der Waals surface area contributed by atoms with Crippen LogP contribution in [0.1, 0.15) is 27.0 Å². The number of esters is 1. The molecule has 0 unspecified atom stereocenters. The van der Waals surface area contributed by atoms with Gasteiger partial charge in [0.2, 0.25) is 0 Å². The molecule has 110 valence electrons. The Labute approximate surface area is 124 Å². The zero-order valence-electron chi connectivity index (χ0n) is 12.8. The van der Waals surface area contributed by atoms with E-state index in [0.717, 1.165) is 16.9 Å². The molecule has 0 heterocycles. The Hall–Kier alpha value is -2.49. The first-order valence-electron chi connectivity index (χ1n) is 6.75. The molecular formula is C17H20N2O2. The van der Waals surface area contributed by atoms with Gasteiger partial charge in [-0.25, -0.2) is 4.79 Å². The molecule has 2 aromatic carbocycles. The van der Waals surface area contributed by atoms with Gasteiger partial charge in [0.1, 0.15) is 0 Å². The van der Waals surface area contributed by atoms with Crippen molar-refractivity contribution in [3.63, 3.8) is 0 Å². The Morgan fingerprint density at radius 3 is 2.52 bits per heavy atom. The van der Waals surface area contributed by atoms with Gasteiger partial charge in [-0.05, 0) is 55.7 Å². The van der Waals surface area contributed by atoms with E-state index in [1.165, 1.54) is 18.2 Å². The maximum absolute atomic E-state index is 11.8. The van der Waals surface area contributed by atoms with Crippen LogP contribution in [0, 0.1) is 20.8 Å². The van der Waals surface area contributed by atoms with E-state index in [4.69, 9.17) is 10.5 Å². The van der Waals surface area contributed by atoms with E-state index in [9.17, 15) is 4.79 Å². The second-order valence-corrected chi connectivity index (χ2v) is 5.12. The molecule has 4 heteroatoms. The minimum atomic E-state index is -0.430. The van der Waals surface area contributed by atoms with Crippen molar-refractivity contribution in [1.82, 2.24) is 0 Å². The molecule has 0 saturated heterocycles. The predicted molar refractivity (Wildman–Crippen MR) is 86.1 cm³/mol. The van der Waals surface area contributed by atoms with Gasteiger partial charge >= 0.3 is 5.97 Å². The van der Waals surface area contributed by atoms with Crippen molar-refractivity contribution < 1.29 is 9.53 Å². The Kier molecular flexibility index (Phi) is 4.17. The second-order valence-electron chi connectivity index (χ2n) is 5.12. The van der Waals surface area contributed by atoms with E-state index in [0.29, 0.717) is 11.3 Å². The zero-order chi connectivity index (χ0) is 15.6. The third-order valence-corrected chi connectivity index (χ3v) is 3.68. The molecule has 0 aliphatic rings. The lowest BCUT2D eigenvalue weighted by atomic mass is 10.1. The molecule has 0 fully saturated rings. The van der Waals surface area contributed by atoms with Gasteiger partial charge < -0.3 is 15.8 Å². The number of hydrogen-bond donors (Lipinski definition) is 2. The second kappa shape index (κ2) is 5.87. The van der Waals surface area contributed by atoms with Gasteiger partial charge in [0.05, 0.1) is 12.7 Å². The highest BCUT2D eigenvalue weighted by Crippen LogP contribution is 2.28. The molecule has 0 aromatic heterocycles. The number of hydrogen-bond acceptors (Lipinski definition) is 4. The van der Waals surface area contributed by atoms with Gasteiger partial charge in [0.25, 0.3) is 0 Å². The number of anilines is 3. The van der Waals surface area contributed by atoms with Crippen LogP contribution in [0.25, 0.3) is 0 Å². The number of nitrogens with two attached hydrogens (primary N) is 1. The van der Waals surface area contributed by atoms with E-state index >= 15 is 0 Å². The van der Waals surface area contributed by atoms with Crippen LogP contribution in [0.5, 0.6) is 0 Å². The van der Waals surface area contributed by atoms with Crippen LogP contribution in [-0.2, 0) is 4.74 Å². The smallest absolute Gasteiger partial charge is 0.340 e. The summed E-state index contributed by atoms with van der Waals surface area (Å²) >= 11 is 0. The third-order valence-electron chi connectivity index (χ3n) is 3.68. The number of methoxy groups -OCH3 is 1. The van der Waals surface area contributed by atoms with Gasteiger partial charge in [-0.3, -0.25) is 0 Å². The van der Waals surface area contributed by atoms with Crippen molar-refractivity contribution in [2.24, 2.45) is 0 Å². The summed E-state index contributed by atoms with van der Waals surface area (Å²) in [6.07, 6.45) is 0. The largest absolute Gasteiger partial charge is 0.465 e. The summed E-state index contributed by atoms with van der Waals surface area (Å²) in [5, 5.41) is 3.34. The lowest BCUT2D eigenvalue weighted by Gasteiger charge is -2.14. The first kappa shape index (κ1) is 14.9. The number of carbonyl (C=O) groups excluding carboxylic acids is 1. The number of aryl methyl sites for hydroxylation is 2. The maximum Gasteiger partial charge on any atom is 0.340 e. The van der Waals surface area contributed by atoms with E-state index in [2.05, 4.69) is 25.2 Å². The predicted octanol–water partition coefficient (Wildman–Crippen LogP) is 3.72. The number of carbonyl (C=O) groups is 1. The van der Waals surface area contributed by atoms with Gasteiger partial charge in [-0.15, -0.1) is 0 Å². The van der Waals surface area contributed by atoms with Gasteiger partial charge in [0, 0.05) is 17.1 Å². The van der Waals surface area contributed by atoms with Crippen molar-refractivity contribution >= 4 is 23.0 Å². The SMILES string of the molecule is COC(=O)c1cc(Nc2cccc(C)c2C)cc(C)c1N. The van der Waals surface area contributed by atoms with Crippen molar-refractivity contribution in [1.29, 1.82) is 0 Å². The molecule has 0 amide bonds. The minimum absolute atomic E-state index is 0.380. The van der Waals surface area contributed by atoms with Crippen LogP contribution < -0.4 is 11.1 Å². The van der Waals surface area contributed by atoms with Crippen LogP contribution >= 0.6 is 0 Å². The molecule has 21 heavy (non-hydrogen) atoms. The van der Waals surface area contributed by atoms with Crippen LogP contribution in [0.3, 0.4) is 0 Å². The fraction of sp³-hybridized carbons (Fsp3) is 0.235. The standard InChI is InChI=1S/C17H20N2O2/c1-10-6-5-7-15(12(10)3)19-13-8-11(2)16(18)14(9-13)17(20)21-4/h5-9,19H,18H2,1-4H3. The summed E-state index contributed by atoms with van der Waals surface area (Å²) in [7, 11) is 1.35. The van der Waals surface area contributed by atoms with Gasteiger partial charge in [-0.1, -0.05) is 12.1 Å². The molecule has 0 aliphatic carbocycles. The number of nitrogens with one attached hydrogen (secondary N) is 1. The van der Waals surface area contributed by atoms with Crippen molar-refractivity contribution in [3.8, 4) is 0 Å². The Balaban J connectivity index is 2.43. The quantitative estimate of drug-likeness (QED) is 0.666. The highest BCUT2D eigenvalue weighted by Gasteiger charge is 2.14. The van der Waals surface area contributed by atoms with Crippen LogP contribution in [0.15, 0.2) is 30.3 Å². The molecule has 0 saturated carbocycles. The topological polar surface area (TPSA) is 64.3 Å². The summed E-state index contributed by atoms with van der Waals surface area (Å²) in [6.45, 7) is 5.99. The highest BCUT2D eigenvalue weighted by atomic mass is 16.5. The molecule has 0 atom stereocenters. The number of rotatable bonds is 3. The maximum atomic E-state index is 11.8. The van der Waals surface area contributed by atoms with Gasteiger partial charge in [-0.2, -0.15) is 0 Å². The van der Waals surface area contributed by atoms with Crippen molar-refractivity contribution in [2.45, 2.75) is 20.8 Å². The lowest BCUT2D eigenvalue weighted by Crippen LogP contribution is -2.08. The number of benzene rings is 2. The highest BCUT2D eigenvalue weighted by molar-refractivity contribution is 5.97. The first-order valence-corrected chi connectivity index (χ1v) is 6.75. The molecule has 4 nitrogen and oxygen atoms in total. The average molecular weight is 284 g/mol. The zero-order valence-corrected chi connectivity index (χ0v) is 12.8. The van der Waals surface area contributed by atoms with Crippen LogP contribution in [-0.4, -0.2) is 13.1 Å². The van der Waals surface area contributed by atoms with Crippen molar-refractivity contribution in [3.05, 3.63) is 52.6 Å². The molecule has 0 spiro atoms. The van der Waals surface area contributed by atoms with Crippen molar-refractivity contribution in [2.75, 3.05) is 18.2 Å². The first-order chi connectivity index (χ1) is 9.93. The Morgan fingerprint density at radius 1 is 1.14 bits per heavy atom. The summed E-state index contributed by atoms with van der Waals surface area (Å²) in [5.74, 6) is -0.430. The van der Waals surface area contributed by atoms with E-state index in [-0.39, 0.29) is 0 Å². The molecule has 0 aliphatic heterocycles. The number of ether oxygens (including phenoxy) is 1. The van der Waals surface area contributed by atoms with E-state index < -0.39 is 5.97 Å². The number of nitrogen functional groups attached to an aromatic ring is 1. The lowest BCUT2D eigenvalue weighted by molar-refractivity contribution is 0.0602. The van der Waals surface area contributed by atoms with Crippen LogP contribution in [0.2, 0.25) is 0 Å². The normalized spacial score (nSPS) is 10.3.